The van der Waals surface area contributed by atoms with Crippen molar-refractivity contribution in [3.63, 3.8) is 0 Å². The molecule has 0 aliphatic carbocycles. The minimum Gasteiger partial charge on any atom is -0.340 e. The van der Waals surface area contributed by atoms with E-state index in [-0.39, 0.29) is 11.6 Å². The summed E-state index contributed by atoms with van der Waals surface area (Å²) < 4.78 is 27.0. The topological polar surface area (TPSA) is 3.24 Å². The summed E-state index contributed by atoms with van der Waals surface area (Å²) in [7, 11) is 1.64. The number of benzene rings is 2. The Morgan fingerprint density at radius 1 is 0.750 bits per heavy atom. The normalized spacial score (nSPS) is 10.2. The Labute approximate surface area is 92.9 Å². The molecule has 0 N–H and O–H groups in total. The third-order valence-electron chi connectivity index (χ3n) is 2.43. The smallest absolute Gasteiger partial charge is 0.146 e. The fourth-order valence-corrected chi connectivity index (χ4v) is 1.58. The lowest BCUT2D eigenvalue weighted by molar-refractivity contribution is 0.617. The third kappa shape index (κ3) is 1.89. The molecule has 2 aromatic carbocycles. The Kier molecular flexibility index (Phi) is 2.86. The van der Waals surface area contributed by atoms with Crippen LogP contribution in [0.4, 0.5) is 20.2 Å². The standard InChI is InChI=1S/C13H11F2N/c1-16(12-8-4-2-6-10(12)14)13-9-5-3-7-11(13)15/h2-9H,1H3. The summed E-state index contributed by atoms with van der Waals surface area (Å²) in [6.45, 7) is 0. The van der Waals surface area contributed by atoms with Crippen LogP contribution in [-0.2, 0) is 0 Å². The maximum Gasteiger partial charge on any atom is 0.146 e. The Morgan fingerprint density at radius 3 is 1.50 bits per heavy atom. The fourth-order valence-electron chi connectivity index (χ4n) is 1.58. The molecule has 2 aromatic rings. The second kappa shape index (κ2) is 4.31. The molecule has 82 valence electrons. The van der Waals surface area contributed by atoms with Gasteiger partial charge in [-0.3, -0.25) is 0 Å². The number of nitrogens with zero attached hydrogens (tertiary/aromatic N) is 1. The zero-order valence-electron chi connectivity index (χ0n) is 8.82. The van der Waals surface area contributed by atoms with Crippen molar-refractivity contribution in [2.24, 2.45) is 0 Å². The lowest BCUT2D eigenvalue weighted by Crippen LogP contribution is -2.12. The van der Waals surface area contributed by atoms with Crippen molar-refractivity contribution in [3.8, 4) is 0 Å². The number of para-hydroxylation sites is 2. The van der Waals surface area contributed by atoms with E-state index < -0.39 is 0 Å². The van der Waals surface area contributed by atoms with Crippen molar-refractivity contribution in [2.45, 2.75) is 0 Å². The Bertz CT molecular complexity index is 451. The summed E-state index contributed by atoms with van der Waals surface area (Å²) in [5.74, 6) is -0.735. The lowest BCUT2D eigenvalue weighted by atomic mass is 10.2. The van der Waals surface area contributed by atoms with Gasteiger partial charge in [-0.1, -0.05) is 24.3 Å². The van der Waals surface area contributed by atoms with Crippen LogP contribution in [0.2, 0.25) is 0 Å². The number of hydrogen-bond acceptors (Lipinski definition) is 1. The molecule has 0 saturated heterocycles. The summed E-state index contributed by atoms with van der Waals surface area (Å²) in [6.07, 6.45) is 0. The number of anilines is 2. The molecule has 16 heavy (non-hydrogen) atoms. The monoisotopic (exact) mass is 219 g/mol. The quantitative estimate of drug-likeness (QED) is 0.743. The second-order valence-electron chi connectivity index (χ2n) is 3.46. The van der Waals surface area contributed by atoms with Crippen molar-refractivity contribution in [3.05, 3.63) is 60.2 Å². The van der Waals surface area contributed by atoms with Gasteiger partial charge in [-0.05, 0) is 24.3 Å². The van der Waals surface area contributed by atoms with Crippen molar-refractivity contribution in [2.75, 3.05) is 11.9 Å². The zero-order valence-corrected chi connectivity index (χ0v) is 8.82. The van der Waals surface area contributed by atoms with Crippen LogP contribution in [-0.4, -0.2) is 7.05 Å². The van der Waals surface area contributed by atoms with Crippen LogP contribution in [0.1, 0.15) is 0 Å². The average Bonchev–Trinajstić information content (AvgIpc) is 2.29. The molecule has 2 rings (SSSR count). The minimum absolute atomic E-state index is 0.354. The molecule has 0 heterocycles. The van der Waals surface area contributed by atoms with Gasteiger partial charge in [0.25, 0.3) is 0 Å². The first-order valence-corrected chi connectivity index (χ1v) is 4.93. The number of rotatable bonds is 2. The van der Waals surface area contributed by atoms with E-state index >= 15 is 0 Å². The molecule has 0 radical (unpaired) electrons. The Hall–Kier alpha value is -1.90. The van der Waals surface area contributed by atoms with E-state index in [0.717, 1.165) is 0 Å². The van der Waals surface area contributed by atoms with Gasteiger partial charge < -0.3 is 4.90 Å². The first kappa shape index (κ1) is 10.6. The molecule has 0 fully saturated rings. The molecule has 0 saturated carbocycles. The maximum absolute atomic E-state index is 13.5. The second-order valence-corrected chi connectivity index (χ2v) is 3.46. The van der Waals surface area contributed by atoms with Gasteiger partial charge >= 0.3 is 0 Å². The molecule has 0 bridgehead atoms. The van der Waals surface area contributed by atoms with E-state index in [2.05, 4.69) is 0 Å². The molecule has 3 heteroatoms. The van der Waals surface area contributed by atoms with Crippen LogP contribution < -0.4 is 4.90 Å². The van der Waals surface area contributed by atoms with E-state index in [9.17, 15) is 8.78 Å². The highest BCUT2D eigenvalue weighted by Crippen LogP contribution is 2.27. The van der Waals surface area contributed by atoms with Crippen LogP contribution in [0.25, 0.3) is 0 Å². The number of hydrogen-bond donors (Lipinski definition) is 0. The molecule has 0 aliphatic rings. The summed E-state index contributed by atoms with van der Waals surface area (Å²) in [5.41, 5.74) is 0.709. The van der Waals surface area contributed by atoms with E-state index in [1.807, 2.05) is 0 Å². The molecular weight excluding hydrogens is 208 g/mol. The highest BCUT2D eigenvalue weighted by molar-refractivity contribution is 5.63. The number of halogens is 2. The van der Waals surface area contributed by atoms with Gasteiger partial charge in [-0.25, -0.2) is 8.78 Å². The van der Waals surface area contributed by atoms with Gasteiger partial charge in [0.1, 0.15) is 11.6 Å². The largest absolute Gasteiger partial charge is 0.340 e. The van der Waals surface area contributed by atoms with E-state index in [4.69, 9.17) is 0 Å². The summed E-state index contributed by atoms with van der Waals surface area (Å²) in [4.78, 5) is 1.49. The van der Waals surface area contributed by atoms with Gasteiger partial charge in [-0.15, -0.1) is 0 Å². The van der Waals surface area contributed by atoms with Crippen molar-refractivity contribution in [1.29, 1.82) is 0 Å². The average molecular weight is 219 g/mol. The molecule has 0 amide bonds. The Morgan fingerprint density at radius 2 is 1.12 bits per heavy atom. The van der Waals surface area contributed by atoms with Gasteiger partial charge in [0, 0.05) is 7.05 Å². The van der Waals surface area contributed by atoms with E-state index in [1.54, 1.807) is 43.4 Å². The first-order chi connectivity index (χ1) is 7.70. The predicted octanol–water partition coefficient (Wildman–Crippen LogP) is 3.73. The zero-order chi connectivity index (χ0) is 11.5. The first-order valence-electron chi connectivity index (χ1n) is 4.93. The van der Waals surface area contributed by atoms with Crippen molar-refractivity contribution < 1.29 is 8.78 Å². The highest BCUT2D eigenvalue weighted by atomic mass is 19.1. The predicted molar refractivity (Wildman–Crippen MR) is 60.9 cm³/mol. The van der Waals surface area contributed by atoms with E-state index in [0.29, 0.717) is 11.4 Å². The van der Waals surface area contributed by atoms with Gasteiger partial charge in [0.2, 0.25) is 0 Å². The minimum atomic E-state index is -0.367. The fraction of sp³-hybridized carbons (Fsp3) is 0.0769. The highest BCUT2D eigenvalue weighted by Gasteiger charge is 2.11. The SMILES string of the molecule is CN(c1ccccc1F)c1ccccc1F. The maximum atomic E-state index is 13.5. The van der Waals surface area contributed by atoms with Crippen molar-refractivity contribution >= 4 is 11.4 Å². The Balaban J connectivity index is 2.44. The van der Waals surface area contributed by atoms with Crippen LogP contribution in [0.3, 0.4) is 0 Å². The van der Waals surface area contributed by atoms with E-state index in [1.165, 1.54) is 17.0 Å². The summed E-state index contributed by atoms with van der Waals surface area (Å²) in [6, 6.07) is 12.6. The molecule has 0 spiro atoms. The van der Waals surface area contributed by atoms with Crippen molar-refractivity contribution in [1.82, 2.24) is 0 Å². The van der Waals surface area contributed by atoms with Crippen LogP contribution in [0.15, 0.2) is 48.5 Å². The summed E-state index contributed by atoms with van der Waals surface area (Å²) in [5, 5.41) is 0. The molecule has 0 aromatic heterocycles. The lowest BCUT2D eigenvalue weighted by Gasteiger charge is -2.20. The molecular formula is C13H11F2N. The molecule has 0 aliphatic heterocycles. The molecule has 0 unspecified atom stereocenters. The van der Waals surface area contributed by atoms with Crippen LogP contribution in [0, 0.1) is 11.6 Å². The van der Waals surface area contributed by atoms with Gasteiger partial charge in [0.05, 0.1) is 11.4 Å². The van der Waals surface area contributed by atoms with Gasteiger partial charge in [-0.2, -0.15) is 0 Å². The third-order valence-corrected chi connectivity index (χ3v) is 2.43. The van der Waals surface area contributed by atoms with Crippen LogP contribution in [0.5, 0.6) is 0 Å². The van der Waals surface area contributed by atoms with Crippen LogP contribution >= 0.6 is 0 Å². The molecule has 0 atom stereocenters. The van der Waals surface area contributed by atoms with Gasteiger partial charge in [0.15, 0.2) is 0 Å². The molecule has 1 nitrogen and oxygen atoms in total. The summed E-state index contributed by atoms with van der Waals surface area (Å²) >= 11 is 0.